The minimum Gasteiger partial charge on any atom is -0.338 e. The Balaban J connectivity index is 1.32. The largest absolute Gasteiger partial charge is 0.338 e. The number of amides is 1. The standard InChI is InChI=1S/C18H26N8O/c1-19-12-17(27)25-9-10-26-16(14-25)11-15(22-26)13-23-5-7-24(8-6-23)18-20-3-2-4-21-18/h2-4,11,19H,5-10,12-14H2,1H3. The van der Waals surface area contributed by atoms with Crippen molar-refractivity contribution in [1.29, 1.82) is 0 Å². The van der Waals surface area contributed by atoms with Gasteiger partial charge < -0.3 is 15.1 Å². The van der Waals surface area contributed by atoms with E-state index in [0.717, 1.165) is 63.1 Å². The lowest BCUT2D eigenvalue weighted by Crippen LogP contribution is -2.46. The van der Waals surface area contributed by atoms with Crippen LogP contribution in [0.1, 0.15) is 11.4 Å². The van der Waals surface area contributed by atoms with Crippen molar-refractivity contribution < 1.29 is 4.79 Å². The molecule has 0 saturated carbocycles. The van der Waals surface area contributed by atoms with E-state index in [-0.39, 0.29) is 5.91 Å². The minimum absolute atomic E-state index is 0.144. The van der Waals surface area contributed by atoms with Gasteiger partial charge in [-0.1, -0.05) is 0 Å². The maximum atomic E-state index is 12.1. The third-order valence-corrected chi connectivity index (χ3v) is 5.12. The second-order valence-electron chi connectivity index (χ2n) is 7.01. The third-order valence-electron chi connectivity index (χ3n) is 5.12. The zero-order chi connectivity index (χ0) is 18.6. The van der Waals surface area contributed by atoms with E-state index in [1.807, 2.05) is 15.6 Å². The molecule has 1 fully saturated rings. The first-order chi connectivity index (χ1) is 13.2. The Morgan fingerprint density at radius 1 is 1.11 bits per heavy atom. The number of nitrogens with one attached hydrogen (secondary N) is 1. The molecule has 0 aliphatic carbocycles. The Labute approximate surface area is 159 Å². The summed E-state index contributed by atoms with van der Waals surface area (Å²) in [5.41, 5.74) is 2.20. The molecule has 1 saturated heterocycles. The topological polar surface area (TPSA) is 82.4 Å². The SMILES string of the molecule is CNCC(=O)N1CCn2nc(CN3CCN(c4ncccn4)CC3)cc2C1. The zero-order valence-electron chi connectivity index (χ0n) is 15.7. The number of hydrogen-bond acceptors (Lipinski definition) is 7. The molecule has 1 N–H and O–H groups in total. The van der Waals surface area contributed by atoms with E-state index in [0.29, 0.717) is 13.1 Å². The lowest BCUT2D eigenvalue weighted by Gasteiger charge is -2.34. The van der Waals surface area contributed by atoms with Crippen LogP contribution < -0.4 is 10.2 Å². The van der Waals surface area contributed by atoms with Gasteiger partial charge in [-0.3, -0.25) is 14.4 Å². The van der Waals surface area contributed by atoms with Crippen LogP contribution in [0.4, 0.5) is 5.95 Å². The number of carbonyl (C=O) groups is 1. The molecule has 0 unspecified atom stereocenters. The van der Waals surface area contributed by atoms with Crippen molar-refractivity contribution in [3.63, 3.8) is 0 Å². The molecule has 2 aromatic rings. The van der Waals surface area contributed by atoms with Gasteiger partial charge in [-0.15, -0.1) is 0 Å². The van der Waals surface area contributed by atoms with Crippen molar-refractivity contribution in [1.82, 2.24) is 34.9 Å². The van der Waals surface area contributed by atoms with Crippen LogP contribution >= 0.6 is 0 Å². The van der Waals surface area contributed by atoms with Crippen molar-refractivity contribution in [2.45, 2.75) is 19.6 Å². The van der Waals surface area contributed by atoms with Gasteiger partial charge in [0.2, 0.25) is 11.9 Å². The number of piperazine rings is 1. The average Bonchev–Trinajstić information content (AvgIpc) is 3.11. The van der Waals surface area contributed by atoms with E-state index in [4.69, 9.17) is 5.10 Å². The minimum atomic E-state index is 0.144. The van der Waals surface area contributed by atoms with Crippen LogP contribution in [0.15, 0.2) is 24.5 Å². The summed E-state index contributed by atoms with van der Waals surface area (Å²) in [6.45, 7) is 7.14. The second-order valence-corrected chi connectivity index (χ2v) is 7.01. The highest BCUT2D eigenvalue weighted by molar-refractivity contribution is 5.78. The van der Waals surface area contributed by atoms with Gasteiger partial charge in [0, 0.05) is 51.7 Å². The molecule has 27 heavy (non-hydrogen) atoms. The average molecular weight is 370 g/mol. The molecular formula is C18H26N8O. The summed E-state index contributed by atoms with van der Waals surface area (Å²) in [7, 11) is 1.80. The van der Waals surface area contributed by atoms with Gasteiger partial charge in [0.05, 0.1) is 31.0 Å². The maximum absolute atomic E-state index is 12.1. The highest BCUT2D eigenvalue weighted by Gasteiger charge is 2.23. The summed E-state index contributed by atoms with van der Waals surface area (Å²) < 4.78 is 2.05. The summed E-state index contributed by atoms with van der Waals surface area (Å²) in [6, 6.07) is 3.99. The van der Waals surface area contributed by atoms with Gasteiger partial charge in [-0.2, -0.15) is 5.10 Å². The molecule has 9 nitrogen and oxygen atoms in total. The van der Waals surface area contributed by atoms with Crippen LogP contribution in [0.3, 0.4) is 0 Å². The van der Waals surface area contributed by atoms with Crippen molar-refractivity contribution in [3.05, 3.63) is 35.9 Å². The number of fused-ring (bicyclic) bond motifs is 1. The van der Waals surface area contributed by atoms with Gasteiger partial charge >= 0.3 is 0 Å². The van der Waals surface area contributed by atoms with E-state index < -0.39 is 0 Å². The van der Waals surface area contributed by atoms with Crippen molar-refractivity contribution >= 4 is 11.9 Å². The Morgan fingerprint density at radius 3 is 2.63 bits per heavy atom. The molecule has 4 rings (SSSR count). The normalized spacial score (nSPS) is 17.8. The van der Waals surface area contributed by atoms with Crippen LogP contribution in [0.25, 0.3) is 0 Å². The fourth-order valence-corrected chi connectivity index (χ4v) is 3.67. The molecule has 0 radical (unpaired) electrons. The fourth-order valence-electron chi connectivity index (χ4n) is 3.67. The lowest BCUT2D eigenvalue weighted by molar-refractivity contribution is -0.131. The number of carbonyl (C=O) groups excluding carboxylic acids is 1. The fraction of sp³-hybridized carbons (Fsp3) is 0.556. The molecule has 144 valence electrons. The van der Waals surface area contributed by atoms with Crippen LogP contribution in [-0.2, 0) is 24.4 Å². The van der Waals surface area contributed by atoms with Crippen LogP contribution in [0, 0.1) is 0 Å². The Bertz CT molecular complexity index is 769. The molecule has 0 aromatic carbocycles. The monoisotopic (exact) mass is 370 g/mol. The number of hydrogen-bond donors (Lipinski definition) is 1. The maximum Gasteiger partial charge on any atom is 0.236 e. The third kappa shape index (κ3) is 4.09. The molecule has 9 heteroatoms. The summed E-state index contributed by atoms with van der Waals surface area (Å²) in [5.74, 6) is 0.951. The molecule has 0 atom stereocenters. The number of anilines is 1. The number of aromatic nitrogens is 4. The highest BCUT2D eigenvalue weighted by Crippen LogP contribution is 2.16. The first-order valence-electron chi connectivity index (χ1n) is 9.45. The Kier molecular flexibility index (Phi) is 5.30. The van der Waals surface area contributed by atoms with Crippen molar-refractivity contribution in [3.8, 4) is 0 Å². The Morgan fingerprint density at radius 2 is 1.89 bits per heavy atom. The first kappa shape index (κ1) is 17.9. The van der Waals surface area contributed by atoms with E-state index in [2.05, 4.69) is 31.2 Å². The number of likely N-dealkylation sites (N-methyl/N-ethyl adjacent to an activating group) is 1. The van der Waals surface area contributed by atoms with Crippen LogP contribution in [0.5, 0.6) is 0 Å². The van der Waals surface area contributed by atoms with Crippen molar-refractivity contribution in [2.75, 3.05) is 51.2 Å². The van der Waals surface area contributed by atoms with Gasteiger partial charge in [-0.25, -0.2) is 9.97 Å². The smallest absolute Gasteiger partial charge is 0.236 e. The van der Waals surface area contributed by atoms with Crippen molar-refractivity contribution in [2.24, 2.45) is 0 Å². The predicted octanol–water partition coefficient (Wildman–Crippen LogP) is -0.443. The zero-order valence-corrected chi connectivity index (χ0v) is 15.7. The van der Waals surface area contributed by atoms with E-state index in [9.17, 15) is 4.79 Å². The molecular weight excluding hydrogens is 344 g/mol. The van der Waals surface area contributed by atoms with Crippen LogP contribution in [0.2, 0.25) is 0 Å². The van der Waals surface area contributed by atoms with Gasteiger partial charge in [0.25, 0.3) is 0 Å². The van der Waals surface area contributed by atoms with E-state index in [1.54, 1.807) is 19.4 Å². The molecule has 4 heterocycles. The molecule has 2 aliphatic rings. The summed E-state index contributed by atoms with van der Waals surface area (Å²) in [6.07, 6.45) is 3.57. The van der Waals surface area contributed by atoms with E-state index >= 15 is 0 Å². The first-order valence-corrected chi connectivity index (χ1v) is 9.45. The number of rotatable bonds is 5. The molecule has 2 aliphatic heterocycles. The van der Waals surface area contributed by atoms with Gasteiger partial charge in [0.15, 0.2) is 0 Å². The second kappa shape index (κ2) is 8.01. The molecule has 0 spiro atoms. The van der Waals surface area contributed by atoms with E-state index in [1.165, 1.54) is 0 Å². The molecule has 0 bridgehead atoms. The van der Waals surface area contributed by atoms with Crippen LogP contribution in [-0.4, -0.2) is 81.8 Å². The molecule has 1 amide bonds. The summed E-state index contributed by atoms with van der Waals surface area (Å²) >= 11 is 0. The number of nitrogens with zero attached hydrogens (tertiary/aromatic N) is 7. The predicted molar refractivity (Wildman–Crippen MR) is 101 cm³/mol. The highest BCUT2D eigenvalue weighted by atomic mass is 16.2. The Hall–Kier alpha value is -2.52. The quantitative estimate of drug-likeness (QED) is 0.764. The molecule has 2 aromatic heterocycles. The van der Waals surface area contributed by atoms with Gasteiger partial charge in [0.1, 0.15) is 0 Å². The lowest BCUT2D eigenvalue weighted by atomic mass is 10.2. The summed E-state index contributed by atoms with van der Waals surface area (Å²) in [4.78, 5) is 27.3. The summed E-state index contributed by atoms with van der Waals surface area (Å²) in [5, 5.41) is 7.68. The van der Waals surface area contributed by atoms with Gasteiger partial charge in [-0.05, 0) is 19.2 Å².